The van der Waals surface area contributed by atoms with Crippen molar-refractivity contribution in [1.29, 1.82) is 0 Å². The third kappa shape index (κ3) is 2.38. The lowest BCUT2D eigenvalue weighted by Gasteiger charge is -2.20. The van der Waals surface area contributed by atoms with E-state index in [1.54, 1.807) is 0 Å². The predicted octanol–water partition coefficient (Wildman–Crippen LogP) is 3.13. The molecule has 0 aromatic carbocycles. The van der Waals surface area contributed by atoms with Crippen LogP contribution < -0.4 is 0 Å². The molecule has 0 saturated carbocycles. The molecule has 1 aliphatic carbocycles. The maximum atomic E-state index is 8.23. The van der Waals surface area contributed by atoms with Gasteiger partial charge in [-0.05, 0) is 44.6 Å². The summed E-state index contributed by atoms with van der Waals surface area (Å²) in [7, 11) is 0. The van der Waals surface area contributed by atoms with Crippen molar-refractivity contribution in [1.82, 2.24) is 0 Å². The molecule has 0 aliphatic heterocycles. The summed E-state index contributed by atoms with van der Waals surface area (Å²) in [6.07, 6.45) is 7.12. The topological polar surface area (TPSA) is 29.5 Å². The molecule has 0 spiro atoms. The van der Waals surface area contributed by atoms with E-state index in [9.17, 15) is 0 Å². The monoisotopic (exact) mass is 168 g/mol. The first-order chi connectivity index (χ1) is 5.74. The molecule has 1 unspecified atom stereocenters. The van der Waals surface area contributed by atoms with Crippen LogP contribution in [0.4, 0.5) is 0 Å². The summed E-state index contributed by atoms with van der Waals surface area (Å²) in [5.41, 5.74) is 2.60. The third-order valence-electron chi connectivity index (χ3n) is 2.52. The summed E-state index contributed by atoms with van der Waals surface area (Å²) in [5, 5.41) is 8.23. The Morgan fingerprint density at radius 1 is 1.75 bits per heavy atom. The molecule has 1 aliphatic rings. The van der Waals surface area contributed by atoms with E-state index in [-0.39, 0.29) is 0 Å². The highest BCUT2D eigenvalue weighted by Gasteiger charge is 2.14. The van der Waals surface area contributed by atoms with E-state index >= 15 is 0 Å². The van der Waals surface area contributed by atoms with Gasteiger partial charge in [0.15, 0.2) is 0 Å². The van der Waals surface area contributed by atoms with E-state index in [1.165, 1.54) is 24.7 Å². The van der Waals surface area contributed by atoms with Gasteiger partial charge in [-0.1, -0.05) is 11.6 Å². The standard InChI is InChI=1S/C10H16O2/c1-8-3-5-10(6-4-8)9(2)7-12-11/h3,7,10-11H,4-6H2,1-2H3/b9-7+. The third-order valence-corrected chi connectivity index (χ3v) is 2.52. The lowest BCUT2D eigenvalue weighted by Crippen LogP contribution is -2.06. The minimum absolute atomic E-state index is 0.556. The average molecular weight is 168 g/mol. The Balaban J connectivity index is 2.51. The average Bonchev–Trinajstić information content (AvgIpc) is 2.06. The molecule has 2 nitrogen and oxygen atoms in total. The molecule has 68 valence electrons. The van der Waals surface area contributed by atoms with Gasteiger partial charge in [-0.15, -0.1) is 0 Å². The Kier molecular flexibility index (Phi) is 3.35. The molecule has 2 heteroatoms. The van der Waals surface area contributed by atoms with Crippen molar-refractivity contribution in [3.8, 4) is 0 Å². The van der Waals surface area contributed by atoms with Crippen LogP contribution in [0.5, 0.6) is 0 Å². The number of hydrogen-bond acceptors (Lipinski definition) is 2. The maximum Gasteiger partial charge on any atom is 0.128 e. The molecule has 0 saturated heterocycles. The normalized spacial score (nSPS) is 25.1. The van der Waals surface area contributed by atoms with E-state index in [1.807, 2.05) is 6.92 Å². The minimum Gasteiger partial charge on any atom is -0.348 e. The van der Waals surface area contributed by atoms with Gasteiger partial charge in [-0.25, -0.2) is 5.26 Å². The first kappa shape index (κ1) is 9.33. The molecule has 1 N–H and O–H groups in total. The summed E-state index contributed by atoms with van der Waals surface area (Å²) in [6.45, 7) is 4.16. The molecule has 0 amide bonds. The van der Waals surface area contributed by atoms with Gasteiger partial charge < -0.3 is 4.89 Å². The van der Waals surface area contributed by atoms with E-state index < -0.39 is 0 Å². The quantitative estimate of drug-likeness (QED) is 0.297. The Morgan fingerprint density at radius 3 is 3.00 bits per heavy atom. The summed E-state index contributed by atoms with van der Waals surface area (Å²) >= 11 is 0. The van der Waals surface area contributed by atoms with Gasteiger partial charge in [0.25, 0.3) is 0 Å². The van der Waals surface area contributed by atoms with Gasteiger partial charge in [0.1, 0.15) is 6.26 Å². The minimum atomic E-state index is 0.556. The first-order valence-electron chi connectivity index (χ1n) is 4.36. The fraction of sp³-hybridized carbons (Fsp3) is 0.600. The Labute approximate surface area is 73.5 Å². The lowest BCUT2D eigenvalue weighted by atomic mass is 9.86. The van der Waals surface area contributed by atoms with Crippen molar-refractivity contribution in [3.05, 3.63) is 23.5 Å². The smallest absolute Gasteiger partial charge is 0.128 e. The van der Waals surface area contributed by atoms with Crippen LogP contribution in [0, 0.1) is 5.92 Å². The Morgan fingerprint density at radius 2 is 2.50 bits per heavy atom. The maximum absolute atomic E-state index is 8.23. The van der Waals surface area contributed by atoms with Crippen molar-refractivity contribution < 1.29 is 10.1 Å². The molecule has 12 heavy (non-hydrogen) atoms. The molecule has 0 radical (unpaired) electrons. The second-order valence-electron chi connectivity index (χ2n) is 3.49. The highest BCUT2D eigenvalue weighted by Crippen LogP contribution is 2.28. The molecule has 0 aromatic heterocycles. The molecular weight excluding hydrogens is 152 g/mol. The molecule has 1 atom stereocenters. The first-order valence-corrected chi connectivity index (χ1v) is 4.36. The van der Waals surface area contributed by atoms with Crippen LogP contribution in [0.1, 0.15) is 33.1 Å². The highest BCUT2D eigenvalue weighted by molar-refractivity contribution is 5.10. The van der Waals surface area contributed by atoms with Crippen LogP contribution in [0.3, 0.4) is 0 Å². The van der Waals surface area contributed by atoms with Gasteiger partial charge in [0.05, 0.1) is 0 Å². The fourth-order valence-corrected chi connectivity index (χ4v) is 1.56. The molecule has 0 bridgehead atoms. The Hall–Kier alpha value is -0.760. The van der Waals surface area contributed by atoms with Crippen LogP contribution in [-0.2, 0) is 4.89 Å². The molecule has 0 heterocycles. The molecule has 0 fully saturated rings. The van der Waals surface area contributed by atoms with Gasteiger partial charge >= 0.3 is 0 Å². The predicted molar refractivity (Wildman–Crippen MR) is 48.6 cm³/mol. The van der Waals surface area contributed by atoms with Crippen LogP contribution in [0.25, 0.3) is 0 Å². The number of allylic oxidation sites excluding steroid dienone is 3. The lowest BCUT2D eigenvalue weighted by molar-refractivity contribution is -0.187. The van der Waals surface area contributed by atoms with Crippen molar-refractivity contribution in [2.24, 2.45) is 5.92 Å². The van der Waals surface area contributed by atoms with Crippen molar-refractivity contribution in [3.63, 3.8) is 0 Å². The van der Waals surface area contributed by atoms with Gasteiger partial charge in [0, 0.05) is 0 Å². The molecule has 0 aromatic rings. The van der Waals surface area contributed by atoms with Crippen LogP contribution >= 0.6 is 0 Å². The number of hydrogen-bond donors (Lipinski definition) is 1. The zero-order chi connectivity index (χ0) is 8.97. The zero-order valence-electron chi connectivity index (χ0n) is 7.71. The summed E-state index contributed by atoms with van der Waals surface area (Å²) in [4.78, 5) is 4.00. The fourth-order valence-electron chi connectivity index (χ4n) is 1.56. The SMILES string of the molecule is CC1=CCC(/C(C)=C/OO)CC1. The summed E-state index contributed by atoms with van der Waals surface area (Å²) in [6, 6.07) is 0. The van der Waals surface area contributed by atoms with Crippen LogP contribution in [-0.4, -0.2) is 5.26 Å². The van der Waals surface area contributed by atoms with Gasteiger partial charge in [-0.2, -0.15) is 0 Å². The van der Waals surface area contributed by atoms with Gasteiger partial charge in [-0.3, -0.25) is 0 Å². The second-order valence-corrected chi connectivity index (χ2v) is 3.49. The van der Waals surface area contributed by atoms with E-state index in [4.69, 9.17) is 5.26 Å². The summed E-state index contributed by atoms with van der Waals surface area (Å²) in [5.74, 6) is 0.556. The number of rotatable bonds is 2. The van der Waals surface area contributed by atoms with Crippen molar-refractivity contribution in [2.45, 2.75) is 33.1 Å². The van der Waals surface area contributed by atoms with E-state index in [0.717, 1.165) is 12.0 Å². The van der Waals surface area contributed by atoms with Crippen molar-refractivity contribution in [2.75, 3.05) is 0 Å². The van der Waals surface area contributed by atoms with Crippen LogP contribution in [0.15, 0.2) is 23.5 Å². The molecule has 1 rings (SSSR count). The highest BCUT2D eigenvalue weighted by atomic mass is 17.1. The van der Waals surface area contributed by atoms with Gasteiger partial charge in [0.2, 0.25) is 0 Å². The van der Waals surface area contributed by atoms with Crippen LogP contribution in [0.2, 0.25) is 0 Å². The molecular formula is C10H16O2. The largest absolute Gasteiger partial charge is 0.348 e. The summed E-state index contributed by atoms with van der Waals surface area (Å²) < 4.78 is 0. The Bertz CT molecular complexity index is 204. The van der Waals surface area contributed by atoms with Crippen molar-refractivity contribution >= 4 is 0 Å². The second kappa shape index (κ2) is 4.31. The zero-order valence-corrected chi connectivity index (χ0v) is 7.71. The van der Waals surface area contributed by atoms with E-state index in [0.29, 0.717) is 5.92 Å². The van der Waals surface area contributed by atoms with E-state index in [2.05, 4.69) is 17.9 Å².